The molecule has 9 heteroatoms. The summed E-state index contributed by atoms with van der Waals surface area (Å²) in [5.74, 6) is -0.998. The fraction of sp³-hybridized carbons (Fsp3) is 0.308. The monoisotopic (exact) mass is 489 g/mol. The minimum atomic E-state index is -0.824. The molecule has 0 bridgehead atoms. The van der Waals surface area contributed by atoms with Crippen LogP contribution < -0.4 is 5.32 Å². The van der Waals surface area contributed by atoms with Crippen LogP contribution in [0.2, 0.25) is 0 Å². The molecule has 1 saturated heterocycles. The van der Waals surface area contributed by atoms with Crippen LogP contribution in [0.1, 0.15) is 38.1 Å². The van der Waals surface area contributed by atoms with Crippen molar-refractivity contribution in [2.75, 3.05) is 19.7 Å². The van der Waals surface area contributed by atoms with Crippen LogP contribution in [-0.2, 0) is 16.1 Å². The molecule has 1 saturated carbocycles. The van der Waals surface area contributed by atoms with E-state index in [0.29, 0.717) is 22.9 Å². The van der Waals surface area contributed by atoms with Gasteiger partial charge in [0.1, 0.15) is 16.5 Å². The number of fused-ring (bicyclic) bond motifs is 4. The van der Waals surface area contributed by atoms with E-state index in [2.05, 4.69) is 34.6 Å². The molecule has 1 aliphatic heterocycles. The van der Waals surface area contributed by atoms with E-state index in [1.807, 2.05) is 24.3 Å². The number of carboxylic acid groups (broad SMARTS) is 1. The number of nitrogens with one attached hydrogen (secondary N) is 1. The topological polar surface area (TPSA) is 109 Å². The summed E-state index contributed by atoms with van der Waals surface area (Å²) in [5, 5.41) is 12.7. The van der Waals surface area contributed by atoms with Gasteiger partial charge in [-0.25, -0.2) is 9.78 Å². The molecule has 2 N–H and O–H groups in total. The van der Waals surface area contributed by atoms with E-state index in [1.54, 1.807) is 4.90 Å². The number of alkyl carbamates (subject to hydrolysis) is 1. The number of likely N-dealkylation sites (tertiary alicyclic amines) is 1. The van der Waals surface area contributed by atoms with E-state index in [0.717, 1.165) is 11.1 Å². The third-order valence-electron chi connectivity index (χ3n) is 7.35. The number of benzene rings is 2. The quantitative estimate of drug-likeness (QED) is 0.546. The van der Waals surface area contributed by atoms with Crippen molar-refractivity contribution in [3.05, 3.63) is 75.7 Å². The zero-order valence-corrected chi connectivity index (χ0v) is 19.6. The SMILES string of the molecule is O=C(NCc1ncc(C(=O)N2CC3CC3(C(=O)O)C2)s1)OCC1c2ccccc2-c2ccccc21. The predicted octanol–water partition coefficient (Wildman–Crippen LogP) is 3.73. The van der Waals surface area contributed by atoms with Crippen LogP contribution in [0.25, 0.3) is 11.1 Å². The highest BCUT2D eigenvalue weighted by Gasteiger charge is 2.66. The van der Waals surface area contributed by atoms with Gasteiger partial charge in [0.05, 0.1) is 18.2 Å². The van der Waals surface area contributed by atoms with Crippen molar-refractivity contribution >= 4 is 29.3 Å². The Balaban J connectivity index is 1.03. The van der Waals surface area contributed by atoms with Gasteiger partial charge in [0.15, 0.2) is 0 Å². The Morgan fingerprint density at radius 2 is 1.80 bits per heavy atom. The fourth-order valence-electron chi connectivity index (χ4n) is 5.41. The fourth-order valence-corrected chi connectivity index (χ4v) is 6.24. The Morgan fingerprint density at radius 1 is 1.11 bits per heavy atom. The number of ether oxygens (including phenoxy) is 1. The van der Waals surface area contributed by atoms with Crippen molar-refractivity contribution < 1.29 is 24.2 Å². The van der Waals surface area contributed by atoms with Gasteiger partial charge in [-0.1, -0.05) is 48.5 Å². The average Bonchev–Trinajstić information content (AvgIpc) is 3.21. The Labute approximate surface area is 205 Å². The lowest BCUT2D eigenvalue weighted by Crippen LogP contribution is -2.33. The third-order valence-corrected chi connectivity index (χ3v) is 8.34. The van der Waals surface area contributed by atoms with Crippen molar-refractivity contribution in [2.45, 2.75) is 18.9 Å². The highest BCUT2D eigenvalue weighted by atomic mass is 32.1. The van der Waals surface area contributed by atoms with Crippen LogP contribution in [0.3, 0.4) is 0 Å². The van der Waals surface area contributed by atoms with Gasteiger partial charge in [0, 0.05) is 19.0 Å². The van der Waals surface area contributed by atoms with Crippen molar-refractivity contribution in [3.8, 4) is 11.1 Å². The molecular weight excluding hydrogens is 466 g/mol. The molecular formula is C26H23N3O5S. The van der Waals surface area contributed by atoms with Gasteiger partial charge in [0.25, 0.3) is 5.91 Å². The first kappa shape index (κ1) is 21.8. The number of thiazole rings is 1. The molecule has 6 rings (SSSR count). The first-order valence-corrected chi connectivity index (χ1v) is 12.3. The van der Waals surface area contributed by atoms with E-state index in [4.69, 9.17) is 4.74 Å². The maximum absolute atomic E-state index is 12.8. The van der Waals surface area contributed by atoms with E-state index >= 15 is 0 Å². The van der Waals surface area contributed by atoms with Crippen LogP contribution >= 0.6 is 11.3 Å². The lowest BCUT2D eigenvalue weighted by molar-refractivity contribution is -0.143. The smallest absolute Gasteiger partial charge is 0.407 e. The normalized spacial score (nSPS) is 21.7. The molecule has 178 valence electrons. The Hall–Kier alpha value is -3.72. The molecule has 2 aliphatic carbocycles. The van der Waals surface area contributed by atoms with Crippen molar-refractivity contribution in [1.29, 1.82) is 0 Å². The van der Waals surface area contributed by atoms with Crippen LogP contribution in [0.15, 0.2) is 54.7 Å². The van der Waals surface area contributed by atoms with Crippen molar-refractivity contribution in [3.63, 3.8) is 0 Å². The molecule has 35 heavy (non-hydrogen) atoms. The third kappa shape index (κ3) is 3.67. The molecule has 2 amide bonds. The maximum atomic E-state index is 12.8. The van der Waals surface area contributed by atoms with Crippen LogP contribution in [0, 0.1) is 11.3 Å². The molecule has 2 unspecified atom stereocenters. The van der Waals surface area contributed by atoms with Crippen LogP contribution in [-0.4, -0.2) is 52.7 Å². The number of carboxylic acids is 1. The first-order chi connectivity index (χ1) is 17.0. The summed E-state index contributed by atoms with van der Waals surface area (Å²) in [5.41, 5.74) is 3.88. The molecule has 2 fully saturated rings. The Bertz CT molecular complexity index is 1310. The summed E-state index contributed by atoms with van der Waals surface area (Å²) >= 11 is 1.20. The van der Waals surface area contributed by atoms with Gasteiger partial charge >= 0.3 is 12.1 Å². The Kier molecular flexibility index (Phi) is 5.10. The number of carbonyl (C=O) groups is 3. The highest BCUT2D eigenvalue weighted by Crippen LogP contribution is 2.58. The number of nitrogens with zero attached hydrogens (tertiary/aromatic N) is 2. The number of piperidine rings is 1. The van der Waals surface area contributed by atoms with Gasteiger partial charge in [-0.15, -0.1) is 11.3 Å². The molecule has 8 nitrogen and oxygen atoms in total. The lowest BCUT2D eigenvalue weighted by Gasteiger charge is -2.18. The first-order valence-electron chi connectivity index (χ1n) is 11.5. The summed E-state index contributed by atoms with van der Waals surface area (Å²) < 4.78 is 5.54. The molecule has 0 spiro atoms. The number of hydrogen-bond acceptors (Lipinski definition) is 6. The zero-order chi connectivity index (χ0) is 24.2. The number of aliphatic carboxylic acids is 1. The number of carbonyl (C=O) groups excluding carboxylic acids is 2. The number of hydrogen-bond donors (Lipinski definition) is 2. The van der Waals surface area contributed by atoms with E-state index < -0.39 is 17.5 Å². The van der Waals surface area contributed by atoms with E-state index in [9.17, 15) is 19.5 Å². The predicted molar refractivity (Wildman–Crippen MR) is 128 cm³/mol. The molecule has 2 atom stereocenters. The molecule has 3 aromatic rings. The molecule has 2 heterocycles. The second kappa shape index (κ2) is 8.20. The number of amides is 2. The van der Waals surface area contributed by atoms with Crippen molar-refractivity contribution in [2.24, 2.45) is 11.3 Å². The molecule has 1 aromatic heterocycles. The summed E-state index contributed by atoms with van der Waals surface area (Å²) in [6, 6.07) is 16.3. The zero-order valence-electron chi connectivity index (χ0n) is 18.8. The molecule has 3 aliphatic rings. The van der Waals surface area contributed by atoms with Crippen LogP contribution in [0.5, 0.6) is 0 Å². The highest BCUT2D eigenvalue weighted by molar-refractivity contribution is 7.13. The largest absolute Gasteiger partial charge is 0.481 e. The van der Waals surface area contributed by atoms with Crippen molar-refractivity contribution in [1.82, 2.24) is 15.2 Å². The van der Waals surface area contributed by atoms with E-state index in [-0.39, 0.29) is 37.4 Å². The number of rotatable bonds is 6. The van der Waals surface area contributed by atoms with Gasteiger partial charge < -0.3 is 20.1 Å². The summed E-state index contributed by atoms with van der Waals surface area (Å²) in [6.45, 7) is 1.09. The minimum Gasteiger partial charge on any atom is -0.481 e. The lowest BCUT2D eigenvalue weighted by atomic mass is 9.98. The second-order valence-electron chi connectivity index (χ2n) is 9.35. The minimum absolute atomic E-state index is 0.0157. The summed E-state index contributed by atoms with van der Waals surface area (Å²) in [6.07, 6.45) is 1.58. The second-order valence-corrected chi connectivity index (χ2v) is 10.5. The maximum Gasteiger partial charge on any atom is 0.407 e. The van der Waals surface area contributed by atoms with Gasteiger partial charge in [0.2, 0.25) is 0 Å². The van der Waals surface area contributed by atoms with Gasteiger partial charge in [-0.2, -0.15) is 0 Å². The average molecular weight is 490 g/mol. The summed E-state index contributed by atoms with van der Waals surface area (Å²) in [7, 11) is 0. The van der Waals surface area contributed by atoms with E-state index in [1.165, 1.54) is 28.7 Å². The van der Waals surface area contributed by atoms with Gasteiger partial charge in [-0.3, -0.25) is 9.59 Å². The summed E-state index contributed by atoms with van der Waals surface area (Å²) in [4.78, 5) is 42.9. The molecule has 2 aromatic carbocycles. The number of aromatic nitrogens is 1. The standard InChI is InChI=1S/C26H23N3O5S/c30-23(29-12-15-9-26(15,14-29)24(31)32)21-10-27-22(35-21)11-28-25(33)34-13-20-18-7-3-1-5-16(18)17-6-2-4-8-19(17)20/h1-8,10,15,20H,9,11-14H2,(H,28,33)(H,31,32). The Morgan fingerprint density at radius 3 is 2.46 bits per heavy atom. The molecule has 0 radical (unpaired) electrons. The van der Waals surface area contributed by atoms with Gasteiger partial charge in [-0.05, 0) is 34.6 Å². The van der Waals surface area contributed by atoms with Crippen LogP contribution in [0.4, 0.5) is 4.79 Å².